The second-order valence-electron chi connectivity index (χ2n) is 8.84. The van der Waals surface area contributed by atoms with E-state index in [-0.39, 0.29) is 24.4 Å². The summed E-state index contributed by atoms with van der Waals surface area (Å²) in [5.74, 6) is -5.19. The Labute approximate surface area is 186 Å². The van der Waals surface area contributed by atoms with Crippen molar-refractivity contribution in [1.29, 1.82) is 0 Å². The van der Waals surface area contributed by atoms with Gasteiger partial charge in [-0.15, -0.1) is 0 Å². The number of hydrogen-bond donors (Lipinski definition) is 2. The number of carbonyl (C=O) groups is 2. The number of pyridine rings is 1. The molecular formula is C22H21F3N4O4. The zero-order chi connectivity index (χ0) is 23.8. The lowest BCUT2D eigenvalue weighted by Crippen LogP contribution is -2.58. The van der Waals surface area contributed by atoms with Crippen molar-refractivity contribution in [3.8, 4) is 5.75 Å². The van der Waals surface area contributed by atoms with Crippen LogP contribution in [-0.4, -0.2) is 45.2 Å². The summed E-state index contributed by atoms with van der Waals surface area (Å²) in [6.07, 6.45) is 2.12. The fraction of sp³-hybridized carbons (Fsp3) is 0.409. The Morgan fingerprint density at radius 2 is 1.76 bits per heavy atom. The minimum Gasteiger partial charge on any atom is -0.502 e. The van der Waals surface area contributed by atoms with Gasteiger partial charge >= 0.3 is 0 Å². The van der Waals surface area contributed by atoms with E-state index in [0.717, 1.165) is 6.42 Å². The summed E-state index contributed by atoms with van der Waals surface area (Å²) in [4.78, 5) is 40.2. The molecule has 2 amide bonds. The van der Waals surface area contributed by atoms with Crippen LogP contribution in [0, 0.1) is 29.3 Å². The van der Waals surface area contributed by atoms with E-state index >= 15 is 0 Å². The van der Waals surface area contributed by atoms with Gasteiger partial charge in [-0.3, -0.25) is 24.1 Å². The lowest BCUT2D eigenvalue weighted by atomic mass is 10.1. The molecule has 1 aromatic carbocycles. The van der Waals surface area contributed by atoms with Crippen molar-refractivity contribution in [2.75, 3.05) is 11.7 Å². The minimum absolute atomic E-state index is 0.0190. The van der Waals surface area contributed by atoms with E-state index in [1.165, 1.54) is 10.9 Å². The Morgan fingerprint density at radius 1 is 1.12 bits per heavy atom. The van der Waals surface area contributed by atoms with Crippen molar-refractivity contribution in [2.45, 2.75) is 38.9 Å². The van der Waals surface area contributed by atoms with Crippen molar-refractivity contribution < 1.29 is 27.9 Å². The van der Waals surface area contributed by atoms with Gasteiger partial charge in [0.1, 0.15) is 29.7 Å². The first-order chi connectivity index (χ1) is 15.6. The predicted octanol–water partition coefficient (Wildman–Crippen LogP) is 1.68. The molecule has 2 aliphatic heterocycles. The van der Waals surface area contributed by atoms with Gasteiger partial charge in [0.2, 0.25) is 5.43 Å². The van der Waals surface area contributed by atoms with Crippen LogP contribution in [0.4, 0.5) is 13.2 Å². The number of benzene rings is 1. The molecule has 1 aromatic heterocycles. The monoisotopic (exact) mass is 462 g/mol. The third-order valence-corrected chi connectivity index (χ3v) is 7.07. The number of halogens is 3. The van der Waals surface area contributed by atoms with Gasteiger partial charge in [0.05, 0.1) is 0 Å². The molecule has 3 heterocycles. The van der Waals surface area contributed by atoms with Crippen molar-refractivity contribution >= 4 is 11.8 Å². The highest BCUT2D eigenvalue weighted by Crippen LogP contribution is 2.49. The number of aromatic nitrogens is 1. The molecule has 0 radical (unpaired) electrons. The zero-order valence-electron chi connectivity index (χ0n) is 17.8. The van der Waals surface area contributed by atoms with Crippen LogP contribution in [0.15, 0.2) is 23.1 Å². The number of carbonyl (C=O) groups excluding carboxylic acids is 2. The summed E-state index contributed by atoms with van der Waals surface area (Å²) in [6, 6.07) is 0.888. The summed E-state index contributed by atoms with van der Waals surface area (Å²) in [6.45, 7) is 3.51. The average Bonchev–Trinajstić information content (AvgIpc) is 3.55. The molecule has 5 rings (SSSR count). The number of rotatable bonds is 3. The highest BCUT2D eigenvalue weighted by molar-refractivity contribution is 5.99. The van der Waals surface area contributed by atoms with Crippen LogP contribution in [-0.2, 0) is 6.54 Å². The predicted molar refractivity (Wildman–Crippen MR) is 110 cm³/mol. The maximum absolute atomic E-state index is 13.9. The highest BCUT2D eigenvalue weighted by Gasteiger charge is 2.54. The first-order valence-electron chi connectivity index (χ1n) is 10.6. The Balaban J connectivity index is 1.51. The maximum Gasteiger partial charge on any atom is 0.278 e. The van der Waals surface area contributed by atoms with Crippen LogP contribution < -0.4 is 15.8 Å². The summed E-state index contributed by atoms with van der Waals surface area (Å²) in [5, 5.41) is 14.6. The summed E-state index contributed by atoms with van der Waals surface area (Å²) in [5.41, 5.74) is -2.36. The molecule has 4 atom stereocenters. The van der Waals surface area contributed by atoms with Gasteiger partial charge in [-0.25, -0.2) is 13.2 Å². The van der Waals surface area contributed by atoms with Crippen LogP contribution in [0.3, 0.4) is 0 Å². The third kappa shape index (κ3) is 3.17. The van der Waals surface area contributed by atoms with Gasteiger partial charge in [0.25, 0.3) is 11.8 Å². The van der Waals surface area contributed by atoms with Crippen LogP contribution in [0.2, 0.25) is 0 Å². The molecule has 1 unspecified atom stereocenters. The van der Waals surface area contributed by atoms with E-state index in [2.05, 4.69) is 5.32 Å². The number of aromatic hydroxyl groups is 1. The van der Waals surface area contributed by atoms with E-state index in [1.54, 1.807) is 4.90 Å². The number of hydrogen-bond acceptors (Lipinski definition) is 5. The van der Waals surface area contributed by atoms with Gasteiger partial charge in [-0.1, -0.05) is 0 Å². The zero-order valence-corrected chi connectivity index (χ0v) is 17.8. The number of nitrogens with zero attached hydrogens (tertiary/aromatic N) is 3. The van der Waals surface area contributed by atoms with Crippen LogP contribution in [0.5, 0.6) is 5.75 Å². The van der Waals surface area contributed by atoms with E-state index in [0.29, 0.717) is 24.0 Å². The number of fused-ring (bicyclic) bond motifs is 5. The SMILES string of the molecule is C[C@@H]1[C@H]2CC2[C@H](C)N2CN1n1cc(C(=O)NCc3c(F)cc(F)cc3F)c(=O)c(O)c1C2=O. The van der Waals surface area contributed by atoms with Gasteiger partial charge in [-0.05, 0) is 32.1 Å². The van der Waals surface area contributed by atoms with Crippen molar-refractivity contribution in [3.63, 3.8) is 0 Å². The highest BCUT2D eigenvalue weighted by atomic mass is 19.1. The molecule has 2 bridgehead atoms. The van der Waals surface area contributed by atoms with Crippen molar-refractivity contribution in [1.82, 2.24) is 14.9 Å². The van der Waals surface area contributed by atoms with E-state index in [1.807, 2.05) is 18.9 Å². The van der Waals surface area contributed by atoms with Gasteiger partial charge < -0.3 is 15.3 Å². The fourth-order valence-electron chi connectivity index (χ4n) is 5.02. The molecule has 1 saturated heterocycles. The van der Waals surface area contributed by atoms with Gasteiger partial charge in [0, 0.05) is 42.5 Å². The van der Waals surface area contributed by atoms with Gasteiger partial charge in [-0.2, -0.15) is 0 Å². The second-order valence-corrected chi connectivity index (χ2v) is 8.84. The maximum atomic E-state index is 13.9. The van der Waals surface area contributed by atoms with E-state index in [4.69, 9.17) is 0 Å². The quantitative estimate of drug-likeness (QED) is 0.724. The van der Waals surface area contributed by atoms with Crippen LogP contribution >= 0.6 is 0 Å². The van der Waals surface area contributed by atoms with Crippen LogP contribution in [0.25, 0.3) is 0 Å². The van der Waals surface area contributed by atoms with E-state index in [9.17, 15) is 32.7 Å². The molecule has 11 heteroatoms. The molecule has 1 saturated carbocycles. The topological polar surface area (TPSA) is 94.9 Å². The Kier molecular flexibility index (Phi) is 4.69. The van der Waals surface area contributed by atoms with Crippen LogP contribution in [0.1, 0.15) is 46.7 Å². The second kappa shape index (κ2) is 7.26. The molecule has 2 fully saturated rings. The summed E-state index contributed by atoms with van der Waals surface area (Å²) < 4.78 is 42.2. The molecular weight excluding hydrogens is 441 g/mol. The molecule has 8 nitrogen and oxygen atoms in total. The lowest BCUT2D eigenvalue weighted by molar-refractivity contribution is 0.0605. The molecule has 1 aliphatic carbocycles. The largest absolute Gasteiger partial charge is 0.502 e. The lowest BCUT2D eigenvalue weighted by Gasteiger charge is -2.43. The molecule has 33 heavy (non-hydrogen) atoms. The van der Waals surface area contributed by atoms with Gasteiger partial charge in [0.15, 0.2) is 11.4 Å². The standard InChI is InChI=1S/C22H21F3N4O4/c1-9-12-5-13(12)10(2)29-8-27(9)22(33)18-20(31)19(30)15(7-28(18)29)21(32)26-6-14-16(24)3-11(23)4-17(14)25/h3-4,7,9-10,12-13,31H,5-6,8H2,1-2H3,(H,26,32)/t9-,10+,12?,13+/m0/s1. The Hall–Kier alpha value is -3.50. The fourth-order valence-corrected chi connectivity index (χ4v) is 5.02. The normalized spacial score (nSPS) is 25.3. The minimum atomic E-state index is -1.19. The number of amides is 2. The smallest absolute Gasteiger partial charge is 0.278 e. The number of nitrogens with one attached hydrogen (secondary N) is 1. The molecule has 0 spiro atoms. The molecule has 2 aromatic rings. The Bertz CT molecular complexity index is 1240. The first kappa shape index (κ1) is 21.4. The van der Waals surface area contributed by atoms with E-state index < -0.39 is 58.1 Å². The van der Waals surface area contributed by atoms with Crippen molar-refractivity contribution in [3.05, 3.63) is 62.8 Å². The average molecular weight is 462 g/mol. The summed E-state index contributed by atoms with van der Waals surface area (Å²) in [7, 11) is 0. The first-order valence-corrected chi connectivity index (χ1v) is 10.6. The third-order valence-electron chi connectivity index (χ3n) is 7.07. The Morgan fingerprint density at radius 3 is 2.42 bits per heavy atom. The molecule has 2 N–H and O–H groups in total. The summed E-state index contributed by atoms with van der Waals surface area (Å²) >= 11 is 0. The molecule has 3 aliphatic rings. The van der Waals surface area contributed by atoms with Crippen molar-refractivity contribution in [2.24, 2.45) is 11.8 Å². The molecule has 174 valence electrons.